The quantitative estimate of drug-likeness (QED) is 0.871. The van der Waals surface area contributed by atoms with E-state index in [1.807, 2.05) is 25.1 Å². The number of benzene rings is 1. The van der Waals surface area contributed by atoms with Crippen LogP contribution in [0.4, 0.5) is 5.69 Å². The lowest BCUT2D eigenvalue weighted by atomic mass is 10.2. The van der Waals surface area contributed by atoms with Crippen molar-refractivity contribution in [2.75, 3.05) is 11.1 Å². The average molecular weight is 369 g/mol. The normalized spacial score (nSPS) is 27.9. The fraction of sp³-hybridized carbons (Fsp3) is 0.467. The van der Waals surface area contributed by atoms with Gasteiger partial charge in [0.05, 0.1) is 4.87 Å². The molecule has 3 rings (SSSR count). The summed E-state index contributed by atoms with van der Waals surface area (Å²) in [7, 11) is 0. The first-order valence-corrected chi connectivity index (χ1v) is 8.72. The Balaban J connectivity index is 1.77. The molecule has 0 radical (unpaired) electrons. The summed E-state index contributed by atoms with van der Waals surface area (Å²) >= 11 is 5.15. The molecule has 0 aliphatic carbocycles. The van der Waals surface area contributed by atoms with Gasteiger partial charge in [-0.25, -0.2) is 0 Å². The number of hydrogen-bond acceptors (Lipinski definition) is 3. The highest BCUT2D eigenvalue weighted by atomic mass is 79.9. The van der Waals surface area contributed by atoms with Crippen molar-refractivity contribution in [2.45, 2.75) is 37.6 Å². The van der Waals surface area contributed by atoms with Crippen LogP contribution in [-0.4, -0.2) is 33.4 Å². The number of fused-ring (bicyclic) bond motifs is 1. The Labute approximate surface area is 136 Å². The van der Waals surface area contributed by atoms with Crippen molar-refractivity contribution in [2.24, 2.45) is 0 Å². The minimum Gasteiger partial charge on any atom is -0.324 e. The number of thioether (sulfide) groups is 1. The van der Waals surface area contributed by atoms with Crippen molar-refractivity contribution in [3.8, 4) is 0 Å². The van der Waals surface area contributed by atoms with E-state index in [-0.39, 0.29) is 22.7 Å². The molecule has 0 unspecified atom stereocenters. The standard InChI is InChI=1S/C15H17BrN2O2S/c1-9-7-10(3-4-11(9)16)17-14(20)12-8-21-15(2)6-5-13(19)18(12)15/h3-4,7,12H,5-6,8H2,1-2H3,(H,17,20)/t12-,15+/m0/s1. The molecule has 1 N–H and O–H groups in total. The summed E-state index contributed by atoms with van der Waals surface area (Å²) in [6.07, 6.45) is 1.38. The third kappa shape index (κ3) is 2.59. The minimum absolute atomic E-state index is 0.0923. The number of carbonyl (C=O) groups excluding carboxylic acids is 2. The van der Waals surface area contributed by atoms with Crippen molar-refractivity contribution in [3.63, 3.8) is 0 Å². The lowest BCUT2D eigenvalue weighted by Crippen LogP contribution is -2.48. The molecule has 0 aromatic heterocycles. The summed E-state index contributed by atoms with van der Waals surface area (Å²) < 4.78 is 1.01. The predicted octanol–water partition coefficient (Wildman–Crippen LogP) is 3.15. The van der Waals surface area contributed by atoms with Crippen LogP contribution in [0.5, 0.6) is 0 Å². The average Bonchev–Trinajstić information content (AvgIpc) is 2.91. The van der Waals surface area contributed by atoms with Crippen LogP contribution in [0.1, 0.15) is 25.3 Å². The zero-order valence-corrected chi connectivity index (χ0v) is 14.4. The summed E-state index contributed by atoms with van der Waals surface area (Å²) in [6.45, 7) is 4.03. The molecule has 2 aliphatic rings. The molecule has 1 aromatic rings. The maximum Gasteiger partial charge on any atom is 0.248 e. The highest BCUT2D eigenvalue weighted by Crippen LogP contribution is 2.47. The van der Waals surface area contributed by atoms with E-state index >= 15 is 0 Å². The molecule has 0 saturated carbocycles. The van der Waals surface area contributed by atoms with Crippen molar-refractivity contribution >= 4 is 45.2 Å². The Bertz CT molecular complexity index is 622. The van der Waals surface area contributed by atoms with Gasteiger partial charge in [0, 0.05) is 22.3 Å². The van der Waals surface area contributed by atoms with Gasteiger partial charge in [0.15, 0.2) is 0 Å². The molecule has 2 saturated heterocycles. The Morgan fingerprint density at radius 2 is 2.29 bits per heavy atom. The fourth-order valence-corrected chi connectivity index (χ4v) is 4.64. The number of halogens is 1. The molecule has 2 heterocycles. The lowest BCUT2D eigenvalue weighted by Gasteiger charge is -2.29. The highest BCUT2D eigenvalue weighted by Gasteiger charge is 2.52. The van der Waals surface area contributed by atoms with E-state index in [4.69, 9.17) is 0 Å². The van der Waals surface area contributed by atoms with Crippen LogP contribution in [0, 0.1) is 6.92 Å². The molecule has 1 aromatic carbocycles. The second-order valence-electron chi connectivity index (χ2n) is 5.72. The zero-order chi connectivity index (χ0) is 15.2. The van der Waals surface area contributed by atoms with E-state index < -0.39 is 0 Å². The second kappa shape index (κ2) is 5.32. The molecule has 6 heteroatoms. The van der Waals surface area contributed by atoms with Gasteiger partial charge >= 0.3 is 0 Å². The van der Waals surface area contributed by atoms with Crippen LogP contribution >= 0.6 is 27.7 Å². The van der Waals surface area contributed by atoms with Crippen LogP contribution in [0.3, 0.4) is 0 Å². The molecule has 4 nitrogen and oxygen atoms in total. The van der Waals surface area contributed by atoms with Gasteiger partial charge in [0.1, 0.15) is 6.04 Å². The smallest absolute Gasteiger partial charge is 0.248 e. The van der Waals surface area contributed by atoms with Gasteiger partial charge in [-0.2, -0.15) is 0 Å². The molecular formula is C15H17BrN2O2S. The zero-order valence-electron chi connectivity index (χ0n) is 12.0. The van der Waals surface area contributed by atoms with E-state index in [2.05, 4.69) is 28.2 Å². The van der Waals surface area contributed by atoms with Crippen molar-refractivity contribution in [1.82, 2.24) is 4.90 Å². The number of nitrogens with zero attached hydrogens (tertiary/aromatic N) is 1. The maximum absolute atomic E-state index is 12.5. The maximum atomic E-state index is 12.5. The van der Waals surface area contributed by atoms with Gasteiger partial charge in [-0.15, -0.1) is 11.8 Å². The van der Waals surface area contributed by atoms with E-state index in [0.29, 0.717) is 12.2 Å². The molecule has 2 atom stereocenters. The highest BCUT2D eigenvalue weighted by molar-refractivity contribution is 9.10. The molecule has 21 heavy (non-hydrogen) atoms. The monoisotopic (exact) mass is 368 g/mol. The van der Waals surface area contributed by atoms with Gasteiger partial charge in [0.25, 0.3) is 0 Å². The van der Waals surface area contributed by atoms with Crippen LogP contribution in [0.15, 0.2) is 22.7 Å². The lowest BCUT2D eigenvalue weighted by molar-refractivity contribution is -0.135. The Morgan fingerprint density at radius 3 is 3.00 bits per heavy atom. The van der Waals surface area contributed by atoms with Crippen molar-refractivity contribution < 1.29 is 9.59 Å². The molecule has 112 valence electrons. The van der Waals surface area contributed by atoms with Crippen LogP contribution in [0.25, 0.3) is 0 Å². The molecular weight excluding hydrogens is 352 g/mol. The number of carbonyl (C=O) groups is 2. The second-order valence-corrected chi connectivity index (χ2v) is 8.07. The van der Waals surface area contributed by atoms with Gasteiger partial charge < -0.3 is 10.2 Å². The van der Waals surface area contributed by atoms with Crippen LogP contribution in [-0.2, 0) is 9.59 Å². The molecule has 0 bridgehead atoms. The van der Waals surface area contributed by atoms with Gasteiger partial charge in [0.2, 0.25) is 11.8 Å². The van der Waals surface area contributed by atoms with Crippen molar-refractivity contribution in [1.29, 1.82) is 0 Å². The summed E-state index contributed by atoms with van der Waals surface area (Å²) in [5, 5.41) is 2.94. The van der Waals surface area contributed by atoms with Crippen LogP contribution < -0.4 is 5.32 Å². The SMILES string of the molecule is Cc1cc(NC(=O)[C@@H]2CS[C@]3(C)CCC(=O)N23)ccc1Br. The summed E-state index contributed by atoms with van der Waals surface area (Å²) in [6, 6.07) is 5.34. The number of anilines is 1. The Morgan fingerprint density at radius 1 is 1.52 bits per heavy atom. The van der Waals surface area contributed by atoms with Crippen LogP contribution in [0.2, 0.25) is 0 Å². The van der Waals surface area contributed by atoms with Gasteiger partial charge in [-0.3, -0.25) is 9.59 Å². The Hall–Kier alpha value is -1.01. The minimum atomic E-state index is -0.362. The van der Waals surface area contributed by atoms with E-state index in [9.17, 15) is 9.59 Å². The first-order chi connectivity index (χ1) is 9.90. The third-order valence-electron chi connectivity index (χ3n) is 4.17. The van der Waals surface area contributed by atoms with E-state index in [1.165, 1.54) is 0 Å². The molecule has 2 aliphatic heterocycles. The summed E-state index contributed by atoms with van der Waals surface area (Å²) in [4.78, 5) is 26.1. The van der Waals surface area contributed by atoms with E-state index in [0.717, 1.165) is 22.1 Å². The summed E-state index contributed by atoms with van der Waals surface area (Å²) in [5.41, 5.74) is 1.83. The predicted molar refractivity (Wildman–Crippen MR) is 88.2 cm³/mol. The fourth-order valence-electron chi connectivity index (χ4n) is 2.96. The number of aryl methyl sites for hydroxylation is 1. The van der Waals surface area contributed by atoms with E-state index in [1.54, 1.807) is 16.7 Å². The topological polar surface area (TPSA) is 49.4 Å². The number of hydrogen-bond donors (Lipinski definition) is 1. The number of amides is 2. The molecule has 2 amide bonds. The largest absolute Gasteiger partial charge is 0.324 e. The third-order valence-corrected chi connectivity index (χ3v) is 6.57. The first-order valence-electron chi connectivity index (χ1n) is 6.94. The van der Waals surface area contributed by atoms with Gasteiger partial charge in [-0.1, -0.05) is 15.9 Å². The number of rotatable bonds is 2. The molecule has 0 spiro atoms. The number of nitrogens with one attached hydrogen (secondary N) is 1. The first kappa shape index (κ1) is 14.9. The molecule has 2 fully saturated rings. The Kier molecular flexibility index (Phi) is 3.78. The van der Waals surface area contributed by atoms with Crippen molar-refractivity contribution in [3.05, 3.63) is 28.2 Å². The summed E-state index contributed by atoms with van der Waals surface area (Å²) in [5.74, 6) is 0.668. The van der Waals surface area contributed by atoms with Gasteiger partial charge in [-0.05, 0) is 44.0 Å².